The van der Waals surface area contributed by atoms with Gasteiger partial charge in [-0.3, -0.25) is 14.5 Å². The van der Waals surface area contributed by atoms with E-state index in [4.69, 9.17) is 4.74 Å². The Bertz CT molecular complexity index is 1260. The zero-order valence-electron chi connectivity index (χ0n) is 20.3. The Labute approximate surface area is 212 Å². The van der Waals surface area contributed by atoms with Gasteiger partial charge in [-0.15, -0.1) is 6.58 Å². The van der Waals surface area contributed by atoms with Crippen LogP contribution in [0, 0.1) is 5.41 Å². The van der Waals surface area contributed by atoms with E-state index in [9.17, 15) is 19.8 Å². The molecule has 1 aromatic carbocycles. The molecule has 6 rings (SSSR count). The zero-order chi connectivity index (χ0) is 25.3. The van der Waals surface area contributed by atoms with Gasteiger partial charge in [0.15, 0.2) is 5.66 Å². The largest absolute Gasteiger partial charge is 0.482 e. The number of fused-ring (bicyclic) bond motifs is 8. The standard InChI is InChI=1S/C26H30BrN3O5/c1-6-22(2,3)26-24(33,13-25(34)21(32)29-11-7-8-17(29)20(31)30(25)26)15-12-16(27)19-14(18(15)28-26)9-10-23(4,5)35-19/h6,9-10,12,17,28,33-34H,1,7-8,11,13H2,2-5H3. The van der Waals surface area contributed by atoms with E-state index in [1.54, 1.807) is 12.1 Å². The first-order valence-corrected chi connectivity index (χ1v) is 12.8. The molecule has 5 heterocycles. The van der Waals surface area contributed by atoms with Crippen LogP contribution < -0.4 is 10.1 Å². The monoisotopic (exact) mass is 543 g/mol. The first-order valence-electron chi connectivity index (χ1n) is 12.0. The van der Waals surface area contributed by atoms with E-state index in [2.05, 4.69) is 27.8 Å². The van der Waals surface area contributed by atoms with Crippen molar-refractivity contribution in [1.29, 1.82) is 0 Å². The van der Waals surface area contributed by atoms with Gasteiger partial charge < -0.3 is 25.2 Å². The van der Waals surface area contributed by atoms with Crippen molar-refractivity contribution in [2.75, 3.05) is 11.9 Å². The number of anilines is 1. The molecule has 3 fully saturated rings. The maximum Gasteiger partial charge on any atom is 0.276 e. The summed E-state index contributed by atoms with van der Waals surface area (Å²) in [6.07, 6.45) is 6.42. The molecule has 0 spiro atoms. The molecule has 2 amide bonds. The lowest BCUT2D eigenvalue weighted by Crippen LogP contribution is -2.76. The van der Waals surface area contributed by atoms with Gasteiger partial charge in [-0.05, 0) is 60.8 Å². The van der Waals surface area contributed by atoms with Crippen LogP contribution in [-0.2, 0) is 15.2 Å². The fraction of sp³-hybridized carbons (Fsp3) is 0.538. The van der Waals surface area contributed by atoms with Gasteiger partial charge in [0, 0.05) is 29.5 Å². The number of carbonyl (C=O) groups is 2. The molecule has 3 saturated heterocycles. The summed E-state index contributed by atoms with van der Waals surface area (Å²) >= 11 is 3.61. The number of rotatable bonds is 2. The van der Waals surface area contributed by atoms with Crippen molar-refractivity contribution in [2.24, 2.45) is 5.41 Å². The second-order valence-corrected chi connectivity index (χ2v) is 12.4. The SMILES string of the molecule is C=CC(C)(C)C12Nc3c(cc(Br)c4c3C=CC(C)(C)O4)C1(O)CC1(O)C(=O)N3CCCC3C(=O)N12. The molecule has 186 valence electrons. The van der Waals surface area contributed by atoms with Crippen LogP contribution in [0.5, 0.6) is 5.75 Å². The molecule has 0 radical (unpaired) electrons. The van der Waals surface area contributed by atoms with Gasteiger partial charge in [-0.1, -0.05) is 19.9 Å². The van der Waals surface area contributed by atoms with Crippen molar-refractivity contribution >= 4 is 39.5 Å². The van der Waals surface area contributed by atoms with Crippen LogP contribution in [0.15, 0.2) is 29.3 Å². The van der Waals surface area contributed by atoms with E-state index >= 15 is 0 Å². The highest BCUT2D eigenvalue weighted by Gasteiger charge is 2.81. The number of ether oxygens (including phenoxy) is 1. The molecular formula is C26H30BrN3O5. The summed E-state index contributed by atoms with van der Waals surface area (Å²) in [6.45, 7) is 12.0. The van der Waals surface area contributed by atoms with Crippen LogP contribution in [0.25, 0.3) is 6.08 Å². The number of benzene rings is 1. The van der Waals surface area contributed by atoms with Gasteiger partial charge in [0.25, 0.3) is 5.91 Å². The summed E-state index contributed by atoms with van der Waals surface area (Å²) in [5.74, 6) is -0.277. The fourth-order valence-electron chi connectivity index (χ4n) is 6.91. The molecule has 4 unspecified atom stereocenters. The zero-order valence-corrected chi connectivity index (χ0v) is 21.9. The lowest BCUT2D eigenvalue weighted by Gasteiger charge is -2.55. The second-order valence-electron chi connectivity index (χ2n) is 11.5. The molecule has 4 atom stereocenters. The third-order valence-corrected chi connectivity index (χ3v) is 9.24. The van der Waals surface area contributed by atoms with Gasteiger partial charge in [0.05, 0.1) is 10.2 Å². The number of hydrogen-bond donors (Lipinski definition) is 3. The minimum Gasteiger partial charge on any atom is -0.482 e. The Hall–Kier alpha value is -2.36. The molecule has 0 aliphatic carbocycles. The molecular weight excluding hydrogens is 514 g/mol. The highest BCUT2D eigenvalue weighted by Crippen LogP contribution is 2.67. The van der Waals surface area contributed by atoms with Crippen LogP contribution in [0.1, 0.15) is 58.1 Å². The number of hydrogen-bond acceptors (Lipinski definition) is 6. The van der Waals surface area contributed by atoms with E-state index in [1.165, 1.54) is 9.80 Å². The fourth-order valence-corrected chi connectivity index (χ4v) is 7.43. The quantitative estimate of drug-likeness (QED) is 0.495. The number of aliphatic hydroxyl groups is 2. The number of nitrogens with zero attached hydrogens (tertiary/aromatic N) is 2. The summed E-state index contributed by atoms with van der Waals surface area (Å²) in [5.41, 5.74) is -5.17. The number of halogens is 1. The Morgan fingerprint density at radius 1 is 1.31 bits per heavy atom. The summed E-state index contributed by atoms with van der Waals surface area (Å²) in [4.78, 5) is 30.4. The molecule has 5 aliphatic heterocycles. The minimum absolute atomic E-state index is 0.355. The van der Waals surface area contributed by atoms with Gasteiger partial charge in [-0.25, -0.2) is 0 Å². The van der Waals surface area contributed by atoms with E-state index < -0.39 is 40.0 Å². The Morgan fingerprint density at radius 2 is 2.03 bits per heavy atom. The Kier molecular flexibility index (Phi) is 4.28. The van der Waals surface area contributed by atoms with Crippen LogP contribution in [0.2, 0.25) is 0 Å². The number of carbonyl (C=O) groups excluding carboxylic acids is 2. The number of nitrogens with one attached hydrogen (secondary N) is 1. The highest BCUT2D eigenvalue weighted by molar-refractivity contribution is 9.10. The van der Waals surface area contributed by atoms with Gasteiger partial charge in [0.2, 0.25) is 11.6 Å². The summed E-state index contributed by atoms with van der Waals surface area (Å²) in [5, 5.41) is 28.0. The van der Waals surface area contributed by atoms with E-state index in [0.29, 0.717) is 40.9 Å². The topological polar surface area (TPSA) is 102 Å². The van der Waals surface area contributed by atoms with Crippen molar-refractivity contribution in [3.63, 3.8) is 0 Å². The molecule has 0 aromatic heterocycles. The molecule has 0 bridgehead atoms. The van der Waals surface area contributed by atoms with Crippen LogP contribution in [0.3, 0.4) is 0 Å². The third kappa shape index (κ3) is 2.44. The van der Waals surface area contributed by atoms with Gasteiger partial charge in [-0.2, -0.15) is 0 Å². The van der Waals surface area contributed by atoms with E-state index in [-0.39, 0.29) is 12.3 Å². The molecule has 0 saturated carbocycles. The van der Waals surface area contributed by atoms with Crippen LogP contribution in [0.4, 0.5) is 5.69 Å². The first-order chi connectivity index (χ1) is 16.2. The predicted octanol–water partition coefficient (Wildman–Crippen LogP) is 3.08. The van der Waals surface area contributed by atoms with Crippen molar-refractivity contribution in [3.05, 3.63) is 40.4 Å². The minimum atomic E-state index is -2.19. The predicted molar refractivity (Wildman–Crippen MR) is 133 cm³/mol. The smallest absolute Gasteiger partial charge is 0.276 e. The highest BCUT2D eigenvalue weighted by atomic mass is 79.9. The average Bonchev–Trinajstić information content (AvgIpc) is 3.41. The molecule has 5 aliphatic rings. The average molecular weight is 544 g/mol. The Balaban J connectivity index is 1.64. The normalized spacial score (nSPS) is 36.1. The van der Waals surface area contributed by atoms with Crippen LogP contribution >= 0.6 is 15.9 Å². The second kappa shape index (κ2) is 6.49. The van der Waals surface area contributed by atoms with Crippen molar-refractivity contribution < 1.29 is 24.5 Å². The van der Waals surface area contributed by atoms with E-state index in [1.807, 2.05) is 39.8 Å². The maximum absolute atomic E-state index is 14.0. The Morgan fingerprint density at radius 3 is 2.71 bits per heavy atom. The molecule has 1 aromatic rings. The van der Waals surface area contributed by atoms with Crippen molar-refractivity contribution in [2.45, 2.75) is 75.6 Å². The molecule has 3 N–H and O–H groups in total. The molecule has 9 heteroatoms. The third-order valence-electron chi connectivity index (χ3n) is 8.65. The molecule has 8 nitrogen and oxygen atoms in total. The van der Waals surface area contributed by atoms with Crippen molar-refractivity contribution in [3.8, 4) is 5.75 Å². The lowest BCUT2D eigenvalue weighted by atomic mass is 9.68. The summed E-state index contributed by atoms with van der Waals surface area (Å²) in [6, 6.07) is 1.12. The lowest BCUT2D eigenvalue weighted by molar-refractivity contribution is -0.204. The summed E-state index contributed by atoms with van der Waals surface area (Å²) in [7, 11) is 0. The molecule has 35 heavy (non-hydrogen) atoms. The number of piperazine rings is 1. The number of amides is 2. The van der Waals surface area contributed by atoms with Crippen molar-refractivity contribution in [1.82, 2.24) is 9.80 Å². The van der Waals surface area contributed by atoms with Crippen LogP contribution in [-0.4, -0.2) is 61.4 Å². The van der Waals surface area contributed by atoms with Gasteiger partial charge in [0.1, 0.15) is 23.0 Å². The maximum atomic E-state index is 14.0. The summed E-state index contributed by atoms with van der Waals surface area (Å²) < 4.78 is 6.87. The van der Waals surface area contributed by atoms with E-state index in [0.717, 1.165) is 5.56 Å². The van der Waals surface area contributed by atoms with Gasteiger partial charge >= 0.3 is 0 Å². The first kappa shape index (κ1) is 23.1.